The predicted molar refractivity (Wildman–Crippen MR) is 71.4 cm³/mol. The van der Waals surface area contributed by atoms with Gasteiger partial charge in [-0.2, -0.15) is 0 Å². The number of hydrogen-bond donors (Lipinski definition) is 1. The number of fused-ring (bicyclic) bond motifs is 1. The van der Waals surface area contributed by atoms with Crippen LogP contribution in [-0.4, -0.2) is 11.6 Å². The fourth-order valence-corrected chi connectivity index (χ4v) is 2.14. The van der Waals surface area contributed by atoms with Gasteiger partial charge in [0, 0.05) is 16.8 Å². The Labute approximate surface area is 102 Å². The van der Waals surface area contributed by atoms with Gasteiger partial charge in [0.2, 0.25) is 0 Å². The van der Waals surface area contributed by atoms with Crippen LogP contribution in [0.5, 0.6) is 5.75 Å². The summed E-state index contributed by atoms with van der Waals surface area (Å²) >= 11 is 0. The summed E-state index contributed by atoms with van der Waals surface area (Å²) in [6.07, 6.45) is 0.902. The van der Waals surface area contributed by atoms with Crippen LogP contribution in [-0.2, 0) is 6.42 Å². The molecule has 0 saturated carbocycles. The molecule has 1 aromatic carbocycles. The van der Waals surface area contributed by atoms with E-state index in [4.69, 9.17) is 10.5 Å². The lowest BCUT2D eigenvalue weighted by Gasteiger charge is -2.11. The van der Waals surface area contributed by atoms with E-state index in [1.165, 1.54) is 0 Å². The molecule has 2 rings (SSSR count). The third-order valence-corrected chi connectivity index (χ3v) is 2.97. The molecule has 17 heavy (non-hydrogen) atoms. The van der Waals surface area contributed by atoms with E-state index in [0.717, 1.165) is 40.0 Å². The zero-order valence-corrected chi connectivity index (χ0v) is 10.6. The third-order valence-electron chi connectivity index (χ3n) is 2.97. The summed E-state index contributed by atoms with van der Waals surface area (Å²) in [6, 6.07) is 5.87. The van der Waals surface area contributed by atoms with Crippen molar-refractivity contribution in [3.05, 3.63) is 29.5 Å². The molecule has 0 amide bonds. The summed E-state index contributed by atoms with van der Waals surface area (Å²) in [4.78, 5) is 4.57. The van der Waals surface area contributed by atoms with Crippen LogP contribution in [0.1, 0.15) is 25.1 Å². The molecule has 1 heterocycles. The second-order valence-electron chi connectivity index (χ2n) is 4.05. The van der Waals surface area contributed by atoms with E-state index in [0.29, 0.717) is 6.61 Å². The summed E-state index contributed by atoms with van der Waals surface area (Å²) in [7, 11) is 0. The van der Waals surface area contributed by atoms with Crippen molar-refractivity contribution in [2.24, 2.45) is 0 Å². The molecule has 3 nitrogen and oxygen atoms in total. The SMILES string of the molecule is CCOc1ccc2nc(C)c(CC)c(N)c2c1. The minimum atomic E-state index is 0.658. The van der Waals surface area contributed by atoms with E-state index < -0.39 is 0 Å². The van der Waals surface area contributed by atoms with Crippen LogP contribution in [0.4, 0.5) is 5.69 Å². The van der Waals surface area contributed by atoms with Crippen molar-refractivity contribution < 1.29 is 4.74 Å². The van der Waals surface area contributed by atoms with Crippen LogP contribution in [0.3, 0.4) is 0 Å². The molecule has 0 bridgehead atoms. The highest BCUT2D eigenvalue weighted by Crippen LogP contribution is 2.29. The van der Waals surface area contributed by atoms with E-state index in [2.05, 4.69) is 11.9 Å². The third kappa shape index (κ3) is 2.05. The maximum Gasteiger partial charge on any atom is 0.120 e. The highest BCUT2D eigenvalue weighted by atomic mass is 16.5. The highest BCUT2D eigenvalue weighted by molar-refractivity contribution is 5.93. The normalized spacial score (nSPS) is 10.8. The van der Waals surface area contributed by atoms with E-state index in [-0.39, 0.29) is 0 Å². The number of aromatic nitrogens is 1. The van der Waals surface area contributed by atoms with Gasteiger partial charge in [0.1, 0.15) is 5.75 Å². The van der Waals surface area contributed by atoms with Gasteiger partial charge >= 0.3 is 0 Å². The number of pyridine rings is 1. The van der Waals surface area contributed by atoms with Gasteiger partial charge in [0.05, 0.1) is 12.1 Å². The van der Waals surface area contributed by atoms with Gasteiger partial charge in [-0.1, -0.05) is 6.92 Å². The van der Waals surface area contributed by atoms with Crippen molar-refractivity contribution in [1.29, 1.82) is 0 Å². The molecule has 1 aromatic heterocycles. The standard InChI is InChI=1S/C14H18N2O/c1-4-11-9(3)16-13-7-6-10(17-5-2)8-12(13)14(11)15/h6-8H,4-5H2,1-3H3,(H2,15,16). The zero-order chi connectivity index (χ0) is 12.4. The number of nitrogens with zero attached hydrogens (tertiary/aromatic N) is 1. The lowest BCUT2D eigenvalue weighted by molar-refractivity contribution is 0.340. The molecule has 3 heteroatoms. The fourth-order valence-electron chi connectivity index (χ4n) is 2.14. The molecule has 0 aliphatic rings. The van der Waals surface area contributed by atoms with E-state index in [9.17, 15) is 0 Å². The first-order valence-corrected chi connectivity index (χ1v) is 5.98. The molecule has 0 saturated heterocycles. The molecule has 0 fully saturated rings. The molecule has 2 aromatic rings. The quantitative estimate of drug-likeness (QED) is 0.881. The maximum absolute atomic E-state index is 6.20. The van der Waals surface area contributed by atoms with Crippen LogP contribution in [0, 0.1) is 6.92 Å². The Hall–Kier alpha value is -1.77. The van der Waals surface area contributed by atoms with Crippen LogP contribution < -0.4 is 10.5 Å². The summed E-state index contributed by atoms with van der Waals surface area (Å²) in [5.41, 5.74) is 10.1. The van der Waals surface area contributed by atoms with Crippen molar-refractivity contribution in [3.63, 3.8) is 0 Å². The fraction of sp³-hybridized carbons (Fsp3) is 0.357. The summed E-state index contributed by atoms with van der Waals surface area (Å²) in [5.74, 6) is 0.847. The molecule has 0 radical (unpaired) electrons. The van der Waals surface area contributed by atoms with Crippen LogP contribution in [0.15, 0.2) is 18.2 Å². The van der Waals surface area contributed by atoms with E-state index >= 15 is 0 Å². The van der Waals surface area contributed by atoms with Crippen molar-refractivity contribution in [2.75, 3.05) is 12.3 Å². The van der Waals surface area contributed by atoms with Crippen molar-refractivity contribution in [2.45, 2.75) is 27.2 Å². The maximum atomic E-state index is 6.20. The Morgan fingerprint density at radius 1 is 1.29 bits per heavy atom. The van der Waals surface area contributed by atoms with Gasteiger partial charge in [-0.05, 0) is 44.0 Å². The Morgan fingerprint density at radius 2 is 2.06 bits per heavy atom. The molecule has 0 atom stereocenters. The number of nitrogens with two attached hydrogens (primary N) is 1. The van der Waals surface area contributed by atoms with Crippen molar-refractivity contribution in [1.82, 2.24) is 4.98 Å². The Kier molecular flexibility index (Phi) is 3.18. The first-order valence-electron chi connectivity index (χ1n) is 5.98. The summed E-state index contributed by atoms with van der Waals surface area (Å²) < 4.78 is 5.49. The van der Waals surface area contributed by atoms with Gasteiger partial charge in [0.25, 0.3) is 0 Å². The smallest absolute Gasteiger partial charge is 0.120 e. The molecular weight excluding hydrogens is 212 g/mol. The Bertz CT molecular complexity index is 549. The highest BCUT2D eigenvalue weighted by Gasteiger charge is 2.09. The number of anilines is 1. The average molecular weight is 230 g/mol. The molecule has 90 valence electrons. The molecule has 0 aliphatic carbocycles. The predicted octanol–water partition coefficient (Wildman–Crippen LogP) is 3.09. The molecule has 0 unspecified atom stereocenters. The van der Waals surface area contributed by atoms with Gasteiger partial charge in [-0.25, -0.2) is 0 Å². The van der Waals surface area contributed by atoms with E-state index in [1.807, 2.05) is 32.0 Å². The van der Waals surface area contributed by atoms with Gasteiger partial charge < -0.3 is 10.5 Å². The van der Waals surface area contributed by atoms with Crippen LogP contribution in [0.2, 0.25) is 0 Å². The summed E-state index contributed by atoms with van der Waals surface area (Å²) in [5, 5.41) is 0.985. The largest absolute Gasteiger partial charge is 0.494 e. The zero-order valence-electron chi connectivity index (χ0n) is 10.6. The van der Waals surface area contributed by atoms with Crippen LogP contribution >= 0.6 is 0 Å². The number of nitrogen functional groups attached to an aromatic ring is 1. The molecule has 2 N–H and O–H groups in total. The summed E-state index contributed by atoms with van der Waals surface area (Å²) in [6.45, 7) is 6.73. The van der Waals surface area contributed by atoms with Gasteiger partial charge in [-0.15, -0.1) is 0 Å². The molecule has 0 aliphatic heterocycles. The minimum absolute atomic E-state index is 0.658. The number of hydrogen-bond acceptors (Lipinski definition) is 3. The van der Waals surface area contributed by atoms with Crippen LogP contribution in [0.25, 0.3) is 10.9 Å². The lowest BCUT2D eigenvalue weighted by atomic mass is 10.0. The number of rotatable bonds is 3. The van der Waals surface area contributed by atoms with Crippen molar-refractivity contribution >= 4 is 16.6 Å². The minimum Gasteiger partial charge on any atom is -0.494 e. The average Bonchev–Trinajstić information content (AvgIpc) is 2.31. The molecule has 0 spiro atoms. The Balaban J connectivity index is 2.67. The Morgan fingerprint density at radius 3 is 2.71 bits per heavy atom. The number of ether oxygens (including phenoxy) is 1. The second-order valence-corrected chi connectivity index (χ2v) is 4.05. The first kappa shape index (κ1) is 11.7. The van der Waals surface area contributed by atoms with Gasteiger partial charge in [-0.3, -0.25) is 4.98 Å². The lowest BCUT2D eigenvalue weighted by Crippen LogP contribution is -2.01. The van der Waals surface area contributed by atoms with Gasteiger partial charge in [0.15, 0.2) is 0 Å². The first-order chi connectivity index (χ1) is 8.17. The van der Waals surface area contributed by atoms with Crippen molar-refractivity contribution in [3.8, 4) is 5.75 Å². The molecular formula is C14H18N2O. The second kappa shape index (κ2) is 4.62. The number of aryl methyl sites for hydroxylation is 1. The van der Waals surface area contributed by atoms with E-state index in [1.54, 1.807) is 0 Å². The monoisotopic (exact) mass is 230 g/mol. The topological polar surface area (TPSA) is 48.1 Å². The number of benzene rings is 1.